The monoisotopic (exact) mass is 304 g/mol. The van der Waals surface area contributed by atoms with Crippen LogP contribution in [0, 0.1) is 0 Å². The van der Waals surface area contributed by atoms with Crippen LogP contribution in [-0.2, 0) is 0 Å². The molecule has 3 N–H and O–H groups in total. The number of hydrogen-bond donors (Lipinski definition) is 3. The third-order valence-corrected chi connectivity index (χ3v) is 4.42. The minimum atomic E-state index is -0.742. The predicted octanol–water partition coefficient (Wildman–Crippen LogP) is 4.02. The van der Waals surface area contributed by atoms with Crippen LogP contribution >= 0.6 is 0 Å². The Morgan fingerprint density at radius 1 is 1.23 bits per heavy atom. The van der Waals surface area contributed by atoms with Crippen molar-refractivity contribution in [2.24, 2.45) is 0 Å². The maximum atomic E-state index is 12.0. The topological polar surface area (TPSA) is 61.4 Å². The van der Waals surface area contributed by atoms with Crippen molar-refractivity contribution in [3.05, 3.63) is 29.8 Å². The molecule has 1 aliphatic carbocycles. The van der Waals surface area contributed by atoms with Crippen molar-refractivity contribution >= 4 is 11.7 Å². The van der Waals surface area contributed by atoms with Gasteiger partial charge in [-0.25, -0.2) is 4.79 Å². The summed E-state index contributed by atoms with van der Waals surface area (Å²) >= 11 is 0. The number of rotatable bonds is 4. The molecule has 0 atom stereocenters. The zero-order valence-electron chi connectivity index (χ0n) is 13.7. The van der Waals surface area contributed by atoms with E-state index >= 15 is 0 Å². The summed E-state index contributed by atoms with van der Waals surface area (Å²) in [7, 11) is 0. The Morgan fingerprint density at radius 2 is 1.91 bits per heavy atom. The molecule has 22 heavy (non-hydrogen) atoms. The predicted molar refractivity (Wildman–Crippen MR) is 90.2 cm³/mol. The normalized spacial score (nSPS) is 17.8. The van der Waals surface area contributed by atoms with Crippen molar-refractivity contribution in [2.75, 3.05) is 11.9 Å². The molecule has 1 aliphatic rings. The molecule has 0 aromatic heterocycles. The van der Waals surface area contributed by atoms with Gasteiger partial charge in [-0.05, 0) is 36.5 Å². The van der Waals surface area contributed by atoms with Crippen LogP contribution in [0.5, 0.6) is 0 Å². The fourth-order valence-electron chi connectivity index (χ4n) is 2.96. The summed E-state index contributed by atoms with van der Waals surface area (Å²) in [6, 6.07) is 7.63. The van der Waals surface area contributed by atoms with Crippen molar-refractivity contribution in [1.29, 1.82) is 0 Å². The number of amides is 2. The average Bonchev–Trinajstić information content (AvgIpc) is 2.71. The zero-order valence-corrected chi connectivity index (χ0v) is 13.7. The van der Waals surface area contributed by atoms with Crippen molar-refractivity contribution in [3.63, 3.8) is 0 Å². The van der Waals surface area contributed by atoms with E-state index in [0.717, 1.165) is 31.4 Å². The average molecular weight is 304 g/mol. The Hall–Kier alpha value is -1.55. The molecule has 1 aromatic rings. The third-order valence-electron chi connectivity index (χ3n) is 4.42. The summed E-state index contributed by atoms with van der Waals surface area (Å²) < 4.78 is 0. The highest BCUT2D eigenvalue weighted by Gasteiger charge is 2.28. The van der Waals surface area contributed by atoms with Gasteiger partial charge in [-0.2, -0.15) is 0 Å². The summed E-state index contributed by atoms with van der Waals surface area (Å²) in [6.45, 7) is 4.57. The molecule has 122 valence electrons. The van der Waals surface area contributed by atoms with Crippen LogP contribution in [-0.4, -0.2) is 23.3 Å². The Bertz CT molecular complexity index is 492. The molecule has 1 aromatic carbocycles. The van der Waals surface area contributed by atoms with E-state index < -0.39 is 5.60 Å². The van der Waals surface area contributed by atoms with E-state index in [-0.39, 0.29) is 6.03 Å². The van der Waals surface area contributed by atoms with Gasteiger partial charge in [0.05, 0.1) is 5.60 Å². The van der Waals surface area contributed by atoms with Gasteiger partial charge < -0.3 is 15.7 Å². The van der Waals surface area contributed by atoms with Gasteiger partial charge in [-0.15, -0.1) is 0 Å². The molecular formula is C18H28N2O2. The molecule has 4 nitrogen and oxygen atoms in total. The Morgan fingerprint density at radius 3 is 2.55 bits per heavy atom. The summed E-state index contributed by atoms with van der Waals surface area (Å²) in [5.41, 5.74) is 1.24. The SMILES string of the molecule is CC(C)c1cccc(NC(=O)NCC2(O)CCCCCC2)c1. The molecular weight excluding hydrogens is 276 g/mol. The Balaban J connectivity index is 1.86. The Kier molecular flexibility index (Phi) is 5.83. The van der Waals surface area contributed by atoms with E-state index in [9.17, 15) is 9.90 Å². The van der Waals surface area contributed by atoms with Gasteiger partial charge in [0, 0.05) is 12.2 Å². The van der Waals surface area contributed by atoms with Crippen LogP contribution in [0.4, 0.5) is 10.5 Å². The highest BCUT2D eigenvalue weighted by atomic mass is 16.3. The molecule has 0 aliphatic heterocycles. The number of nitrogens with one attached hydrogen (secondary N) is 2. The second-order valence-corrected chi connectivity index (χ2v) is 6.73. The summed E-state index contributed by atoms with van der Waals surface area (Å²) in [4.78, 5) is 12.0. The first-order chi connectivity index (χ1) is 10.5. The van der Waals surface area contributed by atoms with Gasteiger partial charge in [0.25, 0.3) is 0 Å². The summed E-state index contributed by atoms with van der Waals surface area (Å²) in [5, 5.41) is 16.2. The minimum Gasteiger partial charge on any atom is -0.388 e. The van der Waals surface area contributed by atoms with Gasteiger partial charge >= 0.3 is 6.03 Å². The lowest BCUT2D eigenvalue weighted by atomic mass is 9.95. The lowest BCUT2D eigenvalue weighted by molar-refractivity contribution is 0.0281. The molecule has 0 radical (unpaired) electrons. The van der Waals surface area contributed by atoms with E-state index in [2.05, 4.69) is 30.5 Å². The van der Waals surface area contributed by atoms with Gasteiger partial charge in [-0.3, -0.25) is 0 Å². The smallest absolute Gasteiger partial charge is 0.319 e. The summed E-state index contributed by atoms with van der Waals surface area (Å²) in [5.74, 6) is 0.427. The Labute approximate surface area is 133 Å². The first-order valence-corrected chi connectivity index (χ1v) is 8.36. The number of aliphatic hydroxyl groups is 1. The van der Waals surface area contributed by atoms with E-state index in [1.807, 2.05) is 18.2 Å². The van der Waals surface area contributed by atoms with E-state index in [1.165, 1.54) is 18.4 Å². The number of anilines is 1. The number of urea groups is 1. The number of carbonyl (C=O) groups is 1. The molecule has 1 fully saturated rings. The largest absolute Gasteiger partial charge is 0.388 e. The fraction of sp³-hybridized carbons (Fsp3) is 0.611. The van der Waals surface area contributed by atoms with Crippen LogP contribution in [0.3, 0.4) is 0 Å². The third kappa shape index (κ3) is 5.02. The molecule has 0 heterocycles. The molecule has 2 rings (SSSR count). The van der Waals surface area contributed by atoms with Crippen LogP contribution in [0.25, 0.3) is 0 Å². The maximum absolute atomic E-state index is 12.0. The minimum absolute atomic E-state index is 0.251. The van der Waals surface area contributed by atoms with E-state index in [1.54, 1.807) is 0 Å². The van der Waals surface area contributed by atoms with Gasteiger partial charge in [-0.1, -0.05) is 51.7 Å². The molecule has 0 unspecified atom stereocenters. The molecule has 0 bridgehead atoms. The van der Waals surface area contributed by atoms with Gasteiger partial charge in [0.1, 0.15) is 0 Å². The fourth-order valence-corrected chi connectivity index (χ4v) is 2.96. The lowest BCUT2D eigenvalue weighted by Crippen LogP contribution is -2.44. The van der Waals surface area contributed by atoms with Crippen molar-refractivity contribution in [1.82, 2.24) is 5.32 Å². The maximum Gasteiger partial charge on any atom is 0.319 e. The highest BCUT2D eigenvalue weighted by Crippen LogP contribution is 2.26. The number of benzene rings is 1. The van der Waals surface area contributed by atoms with Crippen LogP contribution in [0.15, 0.2) is 24.3 Å². The number of carbonyl (C=O) groups excluding carboxylic acids is 1. The van der Waals surface area contributed by atoms with Gasteiger partial charge in [0.15, 0.2) is 0 Å². The lowest BCUT2D eigenvalue weighted by Gasteiger charge is -2.26. The second kappa shape index (κ2) is 7.63. The quantitative estimate of drug-likeness (QED) is 0.736. The van der Waals surface area contributed by atoms with E-state index in [4.69, 9.17) is 0 Å². The molecule has 4 heteroatoms. The molecule has 2 amide bonds. The van der Waals surface area contributed by atoms with Crippen LogP contribution in [0.2, 0.25) is 0 Å². The standard InChI is InChI=1S/C18H28N2O2/c1-14(2)15-8-7-9-16(12-15)20-17(21)19-13-18(22)10-5-3-4-6-11-18/h7-9,12,14,22H,3-6,10-11,13H2,1-2H3,(H2,19,20,21). The second-order valence-electron chi connectivity index (χ2n) is 6.73. The molecule has 0 spiro atoms. The zero-order chi connectivity index (χ0) is 16.0. The van der Waals surface area contributed by atoms with Crippen molar-refractivity contribution in [2.45, 2.75) is 63.9 Å². The highest BCUT2D eigenvalue weighted by molar-refractivity contribution is 5.89. The number of hydrogen-bond acceptors (Lipinski definition) is 2. The molecule has 1 saturated carbocycles. The van der Waals surface area contributed by atoms with Gasteiger partial charge in [0.2, 0.25) is 0 Å². The van der Waals surface area contributed by atoms with Crippen LogP contribution in [0.1, 0.15) is 63.9 Å². The first kappa shape index (κ1) is 16.8. The molecule has 0 saturated heterocycles. The van der Waals surface area contributed by atoms with Crippen molar-refractivity contribution < 1.29 is 9.90 Å². The van der Waals surface area contributed by atoms with E-state index in [0.29, 0.717) is 12.5 Å². The van der Waals surface area contributed by atoms with Crippen LogP contribution < -0.4 is 10.6 Å². The summed E-state index contributed by atoms with van der Waals surface area (Å²) in [6.07, 6.45) is 5.98. The first-order valence-electron chi connectivity index (χ1n) is 8.36. The van der Waals surface area contributed by atoms with Crippen molar-refractivity contribution in [3.8, 4) is 0 Å².